The molecule has 0 aliphatic carbocycles. The average Bonchev–Trinajstić information content (AvgIpc) is 2.62. The Hall–Kier alpha value is 0.110. The van der Waals surface area contributed by atoms with E-state index in [1.165, 1.54) is 57.8 Å². The maximum absolute atomic E-state index is 11.9. The van der Waals surface area contributed by atoms with E-state index in [2.05, 4.69) is 20.8 Å². The summed E-state index contributed by atoms with van der Waals surface area (Å²) < 4.78 is 22.2. The summed E-state index contributed by atoms with van der Waals surface area (Å²) in [5.74, 6) is 0.348. The first-order valence-electron chi connectivity index (χ1n) is 11.2. The quantitative estimate of drug-likeness (QED) is 0.171. The lowest BCUT2D eigenvalue weighted by molar-refractivity contribution is 0.125. The molecule has 1 N–H and O–H groups in total. The summed E-state index contributed by atoms with van der Waals surface area (Å²) in [5.41, 5.74) is 0. The third kappa shape index (κ3) is 17.5. The number of rotatable bonds is 20. The van der Waals surface area contributed by atoms with Gasteiger partial charge in [0.1, 0.15) is 0 Å². The highest BCUT2D eigenvalue weighted by Crippen LogP contribution is 2.44. The number of phosphoric acid groups is 1. The predicted octanol–water partition coefficient (Wildman–Crippen LogP) is 7.65. The molecule has 0 aromatic heterocycles. The Labute approximate surface area is 163 Å². The summed E-state index contributed by atoms with van der Waals surface area (Å²) >= 11 is 0. The molecule has 0 aliphatic heterocycles. The molecule has 4 nitrogen and oxygen atoms in total. The van der Waals surface area contributed by atoms with Gasteiger partial charge in [0.25, 0.3) is 0 Å². The van der Waals surface area contributed by atoms with Crippen LogP contribution in [0, 0.1) is 5.92 Å². The fourth-order valence-electron chi connectivity index (χ4n) is 3.08. The first-order chi connectivity index (χ1) is 12.6. The Morgan fingerprint density at radius 3 is 1.73 bits per heavy atom. The van der Waals surface area contributed by atoms with Crippen LogP contribution in [0.4, 0.5) is 0 Å². The second kappa shape index (κ2) is 18.5. The normalized spacial score (nSPS) is 15.1. The molecule has 158 valence electrons. The highest BCUT2D eigenvalue weighted by molar-refractivity contribution is 7.47. The van der Waals surface area contributed by atoms with Gasteiger partial charge >= 0.3 is 7.82 Å². The van der Waals surface area contributed by atoms with E-state index in [4.69, 9.17) is 9.05 Å². The predicted molar refractivity (Wildman–Crippen MR) is 111 cm³/mol. The second-order valence-corrected chi connectivity index (χ2v) is 9.00. The summed E-state index contributed by atoms with van der Waals surface area (Å²) in [5, 5.41) is 0. The van der Waals surface area contributed by atoms with Crippen LogP contribution < -0.4 is 0 Å². The molecule has 0 rings (SSSR count). The smallest absolute Gasteiger partial charge is 0.302 e. The molecule has 0 spiro atoms. The van der Waals surface area contributed by atoms with Crippen LogP contribution in [-0.4, -0.2) is 18.1 Å². The van der Waals surface area contributed by atoms with Crippen molar-refractivity contribution in [3.63, 3.8) is 0 Å². The second-order valence-electron chi connectivity index (χ2n) is 7.55. The van der Waals surface area contributed by atoms with E-state index in [-0.39, 0.29) is 0 Å². The lowest BCUT2D eigenvalue weighted by Crippen LogP contribution is -2.09. The molecule has 0 aromatic carbocycles. The van der Waals surface area contributed by atoms with E-state index in [1.807, 2.05) is 0 Å². The summed E-state index contributed by atoms with van der Waals surface area (Å²) in [7, 11) is -3.87. The van der Waals surface area contributed by atoms with Gasteiger partial charge in [0.15, 0.2) is 0 Å². The van der Waals surface area contributed by atoms with Crippen molar-refractivity contribution in [2.45, 2.75) is 117 Å². The van der Waals surface area contributed by atoms with Crippen LogP contribution in [-0.2, 0) is 13.6 Å². The highest BCUT2D eigenvalue weighted by atomic mass is 31.2. The SMILES string of the molecule is CCCCCCCCCCCCCOP(=O)(O)OCC(CC)CCCC. The molecule has 2 unspecified atom stereocenters. The molecule has 0 saturated carbocycles. The summed E-state index contributed by atoms with van der Waals surface area (Å²) in [6, 6.07) is 0. The molecule has 26 heavy (non-hydrogen) atoms. The van der Waals surface area contributed by atoms with Crippen molar-refractivity contribution in [3.8, 4) is 0 Å². The number of hydrogen-bond donors (Lipinski definition) is 1. The Morgan fingerprint density at radius 2 is 1.23 bits per heavy atom. The minimum Gasteiger partial charge on any atom is -0.302 e. The zero-order valence-electron chi connectivity index (χ0n) is 17.7. The van der Waals surface area contributed by atoms with Gasteiger partial charge in [0.05, 0.1) is 13.2 Å². The molecule has 0 bridgehead atoms. The molecule has 0 saturated heterocycles. The van der Waals surface area contributed by atoms with Gasteiger partial charge in [-0.05, 0) is 18.8 Å². The van der Waals surface area contributed by atoms with Crippen molar-refractivity contribution >= 4 is 7.82 Å². The van der Waals surface area contributed by atoms with E-state index in [1.54, 1.807) is 0 Å². The fourth-order valence-corrected chi connectivity index (χ4v) is 3.91. The van der Waals surface area contributed by atoms with Crippen LogP contribution in [0.1, 0.15) is 117 Å². The first kappa shape index (κ1) is 26.1. The third-order valence-corrected chi connectivity index (χ3v) is 6.00. The van der Waals surface area contributed by atoms with Gasteiger partial charge in [-0.15, -0.1) is 0 Å². The zero-order chi connectivity index (χ0) is 19.5. The van der Waals surface area contributed by atoms with Crippen molar-refractivity contribution in [1.29, 1.82) is 0 Å². The Balaban J connectivity index is 3.51. The van der Waals surface area contributed by atoms with Crippen molar-refractivity contribution in [3.05, 3.63) is 0 Å². The van der Waals surface area contributed by atoms with Crippen molar-refractivity contribution in [1.82, 2.24) is 0 Å². The Morgan fingerprint density at radius 1 is 0.731 bits per heavy atom. The monoisotopic (exact) mass is 392 g/mol. The Bertz CT molecular complexity index is 336. The average molecular weight is 393 g/mol. The van der Waals surface area contributed by atoms with Crippen LogP contribution in [0.5, 0.6) is 0 Å². The topological polar surface area (TPSA) is 55.8 Å². The molecular formula is C21H45O4P. The Kier molecular flexibility index (Phi) is 18.6. The molecule has 0 amide bonds. The summed E-state index contributed by atoms with van der Waals surface area (Å²) in [4.78, 5) is 9.76. The van der Waals surface area contributed by atoms with E-state index in [9.17, 15) is 9.46 Å². The maximum atomic E-state index is 11.9. The zero-order valence-corrected chi connectivity index (χ0v) is 18.6. The van der Waals surface area contributed by atoms with Gasteiger partial charge in [0.2, 0.25) is 0 Å². The van der Waals surface area contributed by atoms with Crippen LogP contribution in [0.15, 0.2) is 0 Å². The maximum Gasteiger partial charge on any atom is 0.472 e. The van der Waals surface area contributed by atoms with Gasteiger partial charge in [-0.25, -0.2) is 4.57 Å². The van der Waals surface area contributed by atoms with Gasteiger partial charge in [-0.1, -0.05) is 104 Å². The first-order valence-corrected chi connectivity index (χ1v) is 12.7. The molecule has 0 fully saturated rings. The van der Waals surface area contributed by atoms with Gasteiger partial charge < -0.3 is 4.89 Å². The van der Waals surface area contributed by atoms with Crippen LogP contribution in [0.3, 0.4) is 0 Å². The van der Waals surface area contributed by atoms with Crippen molar-refractivity contribution in [2.75, 3.05) is 13.2 Å². The lowest BCUT2D eigenvalue weighted by Gasteiger charge is -2.17. The van der Waals surface area contributed by atoms with Crippen molar-refractivity contribution in [2.24, 2.45) is 5.92 Å². The minimum atomic E-state index is -3.87. The van der Waals surface area contributed by atoms with Gasteiger partial charge in [-0.2, -0.15) is 0 Å². The molecule has 0 aromatic rings. The fraction of sp³-hybridized carbons (Fsp3) is 1.00. The standard InChI is InChI=1S/C21H45O4P/c1-4-7-9-10-11-12-13-14-15-16-17-19-24-26(22,23)25-20-21(6-3)18-8-5-2/h21H,4-20H2,1-3H3,(H,22,23). The van der Waals surface area contributed by atoms with E-state index >= 15 is 0 Å². The number of unbranched alkanes of at least 4 members (excludes halogenated alkanes) is 11. The number of hydrogen-bond acceptors (Lipinski definition) is 3. The molecule has 0 aliphatic rings. The molecule has 0 heterocycles. The van der Waals surface area contributed by atoms with Crippen LogP contribution in [0.2, 0.25) is 0 Å². The summed E-state index contributed by atoms with van der Waals surface area (Å²) in [6.07, 6.45) is 18.1. The molecule has 2 atom stereocenters. The molecule has 0 radical (unpaired) electrons. The lowest BCUT2D eigenvalue weighted by atomic mass is 10.0. The summed E-state index contributed by atoms with van der Waals surface area (Å²) in [6.45, 7) is 7.14. The third-order valence-electron chi connectivity index (χ3n) is 5.02. The molecule has 5 heteroatoms. The molecular weight excluding hydrogens is 347 g/mol. The van der Waals surface area contributed by atoms with Crippen molar-refractivity contribution < 1.29 is 18.5 Å². The minimum absolute atomic E-state index is 0.316. The van der Waals surface area contributed by atoms with Gasteiger partial charge in [0, 0.05) is 0 Å². The van der Waals surface area contributed by atoms with Crippen LogP contribution in [0.25, 0.3) is 0 Å². The van der Waals surface area contributed by atoms with E-state index in [0.29, 0.717) is 19.1 Å². The number of phosphoric ester groups is 1. The van der Waals surface area contributed by atoms with E-state index in [0.717, 1.165) is 38.5 Å². The highest BCUT2D eigenvalue weighted by Gasteiger charge is 2.22. The van der Waals surface area contributed by atoms with Crippen LogP contribution >= 0.6 is 7.82 Å². The largest absolute Gasteiger partial charge is 0.472 e. The van der Waals surface area contributed by atoms with Gasteiger partial charge in [-0.3, -0.25) is 9.05 Å². The van der Waals surface area contributed by atoms with E-state index < -0.39 is 7.82 Å².